The van der Waals surface area contributed by atoms with Crippen molar-refractivity contribution in [1.29, 1.82) is 0 Å². The number of fused-ring (bicyclic) bond motifs is 1. The number of nitrogens with zero attached hydrogens (tertiary/aromatic N) is 1. The Balaban J connectivity index is 1.76. The number of carbonyl (C=O) groups excluding carboxylic acids is 1. The maximum absolute atomic E-state index is 12.5. The van der Waals surface area contributed by atoms with Gasteiger partial charge >= 0.3 is 0 Å². The Hall–Kier alpha value is -2.50. The summed E-state index contributed by atoms with van der Waals surface area (Å²) in [5.74, 6) is -0.0930. The van der Waals surface area contributed by atoms with Crippen LogP contribution in [0.1, 0.15) is 12.5 Å². The second-order valence-corrected chi connectivity index (χ2v) is 7.05. The number of hydrogen-bond acceptors (Lipinski definition) is 4. The van der Waals surface area contributed by atoms with Crippen LogP contribution in [0, 0.1) is 11.8 Å². The van der Waals surface area contributed by atoms with E-state index in [4.69, 9.17) is 27.6 Å². The number of aromatic nitrogens is 1. The molecule has 2 heterocycles. The van der Waals surface area contributed by atoms with Gasteiger partial charge in [-0.25, -0.2) is 4.98 Å². The van der Waals surface area contributed by atoms with Gasteiger partial charge in [-0.15, -0.1) is 0 Å². The van der Waals surface area contributed by atoms with Crippen LogP contribution in [0.5, 0.6) is 0 Å². The minimum absolute atomic E-state index is 0.112. The number of amides is 1. The smallest absolute Gasteiger partial charge is 0.256 e. The molecule has 1 aliphatic heterocycles. The molecule has 0 fully saturated rings. The molecule has 1 amide bonds. The van der Waals surface area contributed by atoms with Gasteiger partial charge in [0.2, 0.25) is 0 Å². The van der Waals surface area contributed by atoms with Crippen molar-refractivity contribution in [3.8, 4) is 11.3 Å². The van der Waals surface area contributed by atoms with Gasteiger partial charge < -0.3 is 14.8 Å². The van der Waals surface area contributed by atoms with Crippen LogP contribution >= 0.6 is 23.2 Å². The Morgan fingerprint density at radius 3 is 2.88 bits per heavy atom. The zero-order valence-electron chi connectivity index (χ0n) is 13.7. The van der Waals surface area contributed by atoms with Crippen LogP contribution in [0.15, 0.2) is 63.2 Å². The summed E-state index contributed by atoms with van der Waals surface area (Å²) in [7, 11) is 0. The Bertz CT molecular complexity index is 990. The van der Waals surface area contributed by atoms with Crippen LogP contribution < -0.4 is 5.32 Å². The fraction of sp³-hybridized carbons (Fsp3) is 0.158. The molecule has 0 saturated heterocycles. The molecule has 132 valence electrons. The molecular formula is C19H14Cl2N2O3. The van der Waals surface area contributed by atoms with Crippen molar-refractivity contribution in [3.63, 3.8) is 0 Å². The molecule has 2 aliphatic rings. The molecular weight excluding hydrogens is 375 g/mol. The van der Waals surface area contributed by atoms with Crippen molar-refractivity contribution in [2.75, 3.05) is 5.32 Å². The highest BCUT2D eigenvalue weighted by Gasteiger charge is 2.30. The van der Waals surface area contributed by atoms with Crippen LogP contribution in [0.25, 0.3) is 16.9 Å². The third-order valence-corrected chi connectivity index (χ3v) is 5.48. The second kappa shape index (κ2) is 6.34. The lowest BCUT2D eigenvalue weighted by Crippen LogP contribution is -2.15. The van der Waals surface area contributed by atoms with Crippen molar-refractivity contribution >= 4 is 40.4 Å². The second-order valence-electron chi connectivity index (χ2n) is 6.24. The fourth-order valence-corrected chi connectivity index (χ4v) is 3.68. The largest absolute Gasteiger partial charge is 0.505 e. The summed E-state index contributed by atoms with van der Waals surface area (Å²) in [5.41, 5.74) is 2.86. The van der Waals surface area contributed by atoms with E-state index in [1.165, 1.54) is 6.39 Å². The molecule has 5 nitrogen and oxygen atoms in total. The molecule has 1 aliphatic carbocycles. The zero-order valence-corrected chi connectivity index (χ0v) is 15.2. The van der Waals surface area contributed by atoms with Crippen LogP contribution in [-0.2, 0) is 4.79 Å². The van der Waals surface area contributed by atoms with Crippen LogP contribution in [0.4, 0.5) is 5.69 Å². The molecule has 7 heteroatoms. The van der Waals surface area contributed by atoms with Gasteiger partial charge in [-0.05, 0) is 18.2 Å². The number of oxazole rings is 1. The van der Waals surface area contributed by atoms with Gasteiger partial charge in [0.1, 0.15) is 5.76 Å². The lowest BCUT2D eigenvalue weighted by molar-refractivity contribution is -0.110. The van der Waals surface area contributed by atoms with E-state index in [0.29, 0.717) is 11.3 Å². The molecule has 2 N–H and O–H groups in total. The van der Waals surface area contributed by atoms with E-state index in [0.717, 1.165) is 16.8 Å². The van der Waals surface area contributed by atoms with Crippen LogP contribution in [-0.4, -0.2) is 16.0 Å². The van der Waals surface area contributed by atoms with E-state index in [9.17, 15) is 9.90 Å². The number of anilines is 1. The molecule has 2 unspecified atom stereocenters. The van der Waals surface area contributed by atoms with Gasteiger partial charge in [-0.3, -0.25) is 4.79 Å². The van der Waals surface area contributed by atoms with Gasteiger partial charge in [0.15, 0.2) is 12.2 Å². The minimum Gasteiger partial charge on any atom is -0.505 e. The number of benzene rings is 1. The molecule has 0 saturated carbocycles. The third kappa shape index (κ3) is 2.73. The van der Waals surface area contributed by atoms with E-state index in [2.05, 4.69) is 10.3 Å². The topological polar surface area (TPSA) is 75.4 Å². The van der Waals surface area contributed by atoms with Crippen molar-refractivity contribution in [1.82, 2.24) is 4.98 Å². The van der Waals surface area contributed by atoms with E-state index in [1.54, 1.807) is 12.3 Å². The highest BCUT2D eigenvalue weighted by molar-refractivity contribution is 6.36. The van der Waals surface area contributed by atoms with Crippen molar-refractivity contribution in [3.05, 3.63) is 64.3 Å². The van der Waals surface area contributed by atoms with Gasteiger partial charge in [0.05, 0.1) is 16.3 Å². The van der Waals surface area contributed by atoms with Crippen molar-refractivity contribution < 1.29 is 14.3 Å². The summed E-state index contributed by atoms with van der Waals surface area (Å²) in [6.07, 6.45) is 6.51. The first kappa shape index (κ1) is 16.9. The number of carbonyl (C=O) groups is 1. The van der Waals surface area contributed by atoms with Gasteiger partial charge in [0.25, 0.3) is 5.91 Å². The Labute approximate surface area is 159 Å². The molecule has 2 aromatic rings. The van der Waals surface area contributed by atoms with Gasteiger partial charge in [-0.1, -0.05) is 42.3 Å². The number of halogens is 2. The summed E-state index contributed by atoms with van der Waals surface area (Å²) >= 11 is 12.2. The third-order valence-electron chi connectivity index (χ3n) is 4.65. The standard InChI is InChI=1S/C19H14Cl2N2O3/c1-9-11(6-14(20)18(24)17(9)21)5-13-12-4-10(16-7-22-8-26-16)2-3-15(12)23-19(13)25/h2-9,11,24H,1H3,(H,23,25)/b13-5-. The molecule has 26 heavy (non-hydrogen) atoms. The monoisotopic (exact) mass is 388 g/mol. The lowest BCUT2D eigenvalue weighted by Gasteiger charge is -2.23. The maximum atomic E-state index is 12.5. The van der Waals surface area contributed by atoms with Crippen LogP contribution in [0.2, 0.25) is 0 Å². The normalized spacial score (nSPS) is 23.9. The average molecular weight is 389 g/mol. The lowest BCUT2D eigenvalue weighted by atomic mass is 9.86. The fourth-order valence-electron chi connectivity index (χ4n) is 3.14. The summed E-state index contributed by atoms with van der Waals surface area (Å²) in [4.78, 5) is 16.4. The first-order chi connectivity index (χ1) is 12.5. The number of allylic oxidation sites excluding steroid dienone is 4. The summed E-state index contributed by atoms with van der Waals surface area (Å²) in [6, 6.07) is 5.57. The first-order valence-electron chi connectivity index (χ1n) is 7.98. The number of aliphatic hydroxyl groups is 1. The van der Waals surface area contributed by atoms with E-state index in [1.807, 2.05) is 31.2 Å². The molecule has 0 radical (unpaired) electrons. The highest BCUT2D eigenvalue weighted by Crippen LogP contribution is 2.41. The Morgan fingerprint density at radius 1 is 1.35 bits per heavy atom. The summed E-state index contributed by atoms with van der Waals surface area (Å²) in [5, 5.41) is 13.2. The zero-order chi connectivity index (χ0) is 18.4. The summed E-state index contributed by atoms with van der Waals surface area (Å²) < 4.78 is 5.33. The van der Waals surface area contributed by atoms with E-state index >= 15 is 0 Å². The van der Waals surface area contributed by atoms with E-state index < -0.39 is 0 Å². The van der Waals surface area contributed by atoms with Gasteiger partial charge in [0, 0.05) is 34.2 Å². The molecule has 0 bridgehead atoms. The quantitative estimate of drug-likeness (QED) is 0.703. The van der Waals surface area contributed by atoms with Crippen molar-refractivity contribution in [2.45, 2.75) is 6.92 Å². The average Bonchev–Trinajstić information content (AvgIpc) is 3.26. The predicted molar refractivity (Wildman–Crippen MR) is 101 cm³/mol. The number of hydrogen-bond donors (Lipinski definition) is 2. The first-order valence-corrected chi connectivity index (χ1v) is 8.74. The van der Waals surface area contributed by atoms with Gasteiger partial charge in [-0.2, -0.15) is 0 Å². The summed E-state index contributed by atoms with van der Waals surface area (Å²) in [6.45, 7) is 1.87. The Kier molecular flexibility index (Phi) is 4.13. The van der Waals surface area contributed by atoms with Crippen LogP contribution in [0.3, 0.4) is 0 Å². The SMILES string of the molecule is CC1C(Cl)=C(O)C(Cl)=CC1/C=C1\C(=O)Nc2ccc(-c3cnco3)cc21. The maximum Gasteiger partial charge on any atom is 0.256 e. The minimum atomic E-state index is -0.216. The number of aliphatic hydroxyl groups excluding tert-OH is 1. The molecule has 1 aromatic heterocycles. The van der Waals surface area contributed by atoms with Crippen molar-refractivity contribution in [2.24, 2.45) is 11.8 Å². The number of rotatable bonds is 2. The molecule has 4 rings (SSSR count). The molecule has 1 aromatic carbocycles. The van der Waals surface area contributed by atoms with E-state index in [-0.39, 0.29) is 33.6 Å². The molecule has 2 atom stereocenters. The predicted octanol–water partition coefficient (Wildman–Crippen LogP) is 5.07. The number of nitrogens with one attached hydrogen (secondary N) is 1. The highest BCUT2D eigenvalue weighted by atomic mass is 35.5. The Morgan fingerprint density at radius 2 is 2.15 bits per heavy atom. The molecule has 0 spiro atoms.